The molecule has 0 aliphatic carbocycles. The van der Waals surface area contributed by atoms with E-state index in [9.17, 15) is 0 Å². The normalized spacial score (nSPS) is 25.4. The predicted molar refractivity (Wildman–Crippen MR) is 164 cm³/mol. The summed E-state index contributed by atoms with van der Waals surface area (Å²) in [6.07, 6.45) is 3.09. The molecule has 0 radical (unpaired) electrons. The molecular formula is C22H17Cl12N3. The van der Waals surface area contributed by atoms with Crippen LogP contribution in [0.1, 0.15) is 16.7 Å². The van der Waals surface area contributed by atoms with Crippen LogP contribution in [0.15, 0.2) is 60.7 Å². The number of nitrogens with one attached hydrogen (secondary N) is 3. The van der Waals surface area contributed by atoms with E-state index in [-0.39, 0.29) is 0 Å². The van der Waals surface area contributed by atoms with Crippen LogP contribution in [-0.4, -0.2) is 26.5 Å². The number of benzene rings is 2. The first-order valence-electron chi connectivity index (χ1n) is 10.2. The molecule has 37 heavy (non-hydrogen) atoms. The summed E-state index contributed by atoms with van der Waals surface area (Å²) < 4.78 is -9.45. The summed E-state index contributed by atoms with van der Waals surface area (Å²) >= 11 is 78.5. The maximum Gasteiger partial charge on any atom is 0.225 e. The van der Waals surface area contributed by atoms with Gasteiger partial charge in [-0.25, -0.2) is 0 Å². The lowest BCUT2D eigenvalue weighted by Gasteiger charge is -2.63. The molecule has 1 aliphatic rings. The minimum atomic E-state index is -2.45. The summed E-state index contributed by atoms with van der Waals surface area (Å²) in [6.45, 7) is 1.87. The minimum absolute atomic E-state index is 0.333. The van der Waals surface area contributed by atoms with Crippen LogP contribution in [-0.2, 0) is 5.66 Å². The van der Waals surface area contributed by atoms with Gasteiger partial charge in [0, 0.05) is 0 Å². The van der Waals surface area contributed by atoms with Crippen molar-refractivity contribution in [2.45, 2.75) is 39.1 Å². The van der Waals surface area contributed by atoms with Gasteiger partial charge in [0.2, 0.25) is 15.2 Å². The third-order valence-corrected chi connectivity index (χ3v) is 9.12. The topological polar surface area (TPSA) is 36.1 Å². The van der Waals surface area contributed by atoms with Crippen LogP contribution >= 0.6 is 139 Å². The molecule has 0 aromatic heterocycles. The van der Waals surface area contributed by atoms with Gasteiger partial charge < -0.3 is 0 Å². The van der Waals surface area contributed by atoms with E-state index in [0.717, 1.165) is 11.1 Å². The Morgan fingerprint density at radius 2 is 1.11 bits per heavy atom. The largest absolute Gasteiger partial charge is 0.267 e. The second-order valence-corrected chi connectivity index (χ2v) is 17.4. The maximum absolute atomic E-state index is 6.63. The SMILES string of the molecule is Cc1ccc(C2(C(Cl)(Cl)Cl)NC(C=Cc3ccccc3)(C(Cl)(Cl)Cl)NC(C(Cl)(Cl)Cl)(C(Cl)(Cl)Cl)N2)cc1. The average Bonchev–Trinajstić information content (AvgIpc) is 2.75. The first-order chi connectivity index (χ1) is 16.7. The molecule has 0 spiro atoms. The van der Waals surface area contributed by atoms with Crippen LogP contribution in [0.5, 0.6) is 0 Å². The highest BCUT2D eigenvalue weighted by Gasteiger charge is 2.74. The molecule has 0 bridgehead atoms. The molecule has 1 aliphatic heterocycles. The van der Waals surface area contributed by atoms with E-state index >= 15 is 0 Å². The van der Waals surface area contributed by atoms with Gasteiger partial charge in [-0.2, -0.15) is 0 Å². The van der Waals surface area contributed by atoms with Crippen molar-refractivity contribution in [2.24, 2.45) is 0 Å². The monoisotopic (exact) mass is 743 g/mol. The van der Waals surface area contributed by atoms with Crippen LogP contribution in [0, 0.1) is 6.92 Å². The first kappa shape index (κ1) is 33.0. The molecule has 3 N–H and O–H groups in total. The van der Waals surface area contributed by atoms with Crippen molar-refractivity contribution in [2.75, 3.05) is 0 Å². The van der Waals surface area contributed by atoms with E-state index in [1.54, 1.807) is 30.3 Å². The molecule has 0 amide bonds. The van der Waals surface area contributed by atoms with Crippen molar-refractivity contribution in [3.8, 4) is 0 Å². The van der Waals surface area contributed by atoms with Crippen LogP contribution in [0.25, 0.3) is 6.08 Å². The van der Waals surface area contributed by atoms with Gasteiger partial charge in [0.25, 0.3) is 0 Å². The molecule has 2 aromatic rings. The van der Waals surface area contributed by atoms with Crippen molar-refractivity contribution < 1.29 is 0 Å². The molecule has 0 saturated carbocycles. The van der Waals surface area contributed by atoms with Gasteiger partial charge in [-0.3, -0.25) is 16.0 Å². The Labute approximate surface area is 275 Å². The van der Waals surface area contributed by atoms with Gasteiger partial charge in [0.1, 0.15) is 11.3 Å². The minimum Gasteiger partial charge on any atom is -0.267 e. The zero-order valence-electron chi connectivity index (χ0n) is 18.4. The molecular weight excluding hydrogens is 732 g/mol. The molecule has 3 nitrogen and oxygen atoms in total. The lowest BCUT2D eigenvalue weighted by atomic mass is 9.90. The van der Waals surface area contributed by atoms with Crippen LogP contribution in [0.3, 0.4) is 0 Å². The number of aryl methyl sites for hydroxylation is 1. The molecule has 204 valence electrons. The zero-order chi connectivity index (χ0) is 28.1. The summed E-state index contributed by atoms with van der Waals surface area (Å²) in [6, 6.07) is 15.9. The van der Waals surface area contributed by atoms with Gasteiger partial charge in [-0.15, -0.1) is 0 Å². The fourth-order valence-corrected chi connectivity index (χ4v) is 6.70. The van der Waals surface area contributed by atoms with Gasteiger partial charge in [0.15, 0.2) is 5.66 Å². The fraction of sp³-hybridized carbons (Fsp3) is 0.364. The molecule has 3 rings (SSSR count). The third-order valence-electron chi connectivity index (χ3n) is 5.68. The smallest absolute Gasteiger partial charge is 0.225 e. The first-order valence-corrected chi connectivity index (χ1v) is 14.7. The molecule has 1 heterocycles. The molecule has 15 heteroatoms. The van der Waals surface area contributed by atoms with Gasteiger partial charge in [-0.1, -0.05) is 205 Å². The van der Waals surface area contributed by atoms with Gasteiger partial charge >= 0.3 is 0 Å². The number of hydrogen-bond donors (Lipinski definition) is 3. The third kappa shape index (κ3) is 6.48. The highest BCUT2D eigenvalue weighted by Crippen LogP contribution is 2.59. The van der Waals surface area contributed by atoms with Crippen molar-refractivity contribution in [1.82, 2.24) is 16.0 Å². The summed E-state index contributed by atoms with van der Waals surface area (Å²) in [5.41, 5.74) is -4.37. The number of hydrogen-bond acceptors (Lipinski definition) is 3. The zero-order valence-corrected chi connectivity index (χ0v) is 27.5. The summed E-state index contributed by atoms with van der Waals surface area (Å²) in [5, 5.41) is 8.96. The Morgan fingerprint density at radius 3 is 1.54 bits per heavy atom. The van der Waals surface area contributed by atoms with E-state index in [4.69, 9.17) is 139 Å². The second-order valence-electron chi connectivity index (χ2n) is 8.28. The summed E-state index contributed by atoms with van der Waals surface area (Å²) in [4.78, 5) is 0. The van der Waals surface area contributed by atoms with Gasteiger partial charge in [0.05, 0.1) is 0 Å². The number of halogens is 12. The Bertz CT molecular complexity index is 1100. The van der Waals surface area contributed by atoms with E-state index < -0.39 is 32.2 Å². The molecule has 2 atom stereocenters. The molecule has 1 saturated heterocycles. The highest BCUT2D eigenvalue weighted by atomic mass is 35.6. The Hall–Kier alpha value is 1.54. The van der Waals surface area contributed by atoms with Crippen molar-refractivity contribution in [3.63, 3.8) is 0 Å². The van der Waals surface area contributed by atoms with Crippen molar-refractivity contribution in [3.05, 3.63) is 77.4 Å². The van der Waals surface area contributed by atoms with E-state index in [1.807, 2.05) is 37.3 Å². The second kappa shape index (κ2) is 11.3. The molecule has 2 aromatic carbocycles. The standard InChI is InChI=1S/C22H17Cl12N3/c1-13-7-9-15(10-8-13)17(20(26,27)28)35-16(19(23,24)25,12-11-14-5-3-2-4-6-14)36-18(37-17,21(29,30)31)22(32,33)34/h2-12,35-37H,1H3. The Morgan fingerprint density at radius 1 is 0.595 bits per heavy atom. The van der Waals surface area contributed by atoms with E-state index in [1.165, 1.54) is 6.08 Å². The van der Waals surface area contributed by atoms with Crippen LogP contribution in [0.2, 0.25) is 0 Å². The Kier molecular flexibility index (Phi) is 10.1. The van der Waals surface area contributed by atoms with Gasteiger partial charge in [-0.05, 0) is 24.1 Å². The lowest BCUT2D eigenvalue weighted by Crippen LogP contribution is -2.93. The number of alkyl halides is 12. The van der Waals surface area contributed by atoms with E-state index in [0.29, 0.717) is 5.56 Å². The quantitative estimate of drug-likeness (QED) is 0.274. The molecule has 1 fully saturated rings. The summed E-state index contributed by atoms with van der Waals surface area (Å²) in [7, 11) is 0. The van der Waals surface area contributed by atoms with Crippen LogP contribution in [0.4, 0.5) is 0 Å². The van der Waals surface area contributed by atoms with Crippen LogP contribution < -0.4 is 16.0 Å². The van der Waals surface area contributed by atoms with Crippen molar-refractivity contribution in [1.29, 1.82) is 0 Å². The summed E-state index contributed by atoms with van der Waals surface area (Å²) in [5.74, 6) is 0. The fourth-order valence-electron chi connectivity index (χ4n) is 3.77. The highest BCUT2D eigenvalue weighted by molar-refractivity contribution is 6.74. The maximum atomic E-state index is 6.63. The Balaban J connectivity index is 2.45. The van der Waals surface area contributed by atoms with Crippen molar-refractivity contribution >= 4 is 145 Å². The molecule has 2 unspecified atom stereocenters. The predicted octanol–water partition coefficient (Wildman–Crippen LogP) is 9.52. The number of rotatable bonds is 3. The lowest BCUT2D eigenvalue weighted by molar-refractivity contribution is 0.0136. The van der Waals surface area contributed by atoms with E-state index in [2.05, 4.69) is 16.0 Å². The average molecular weight is 749 g/mol.